The lowest BCUT2D eigenvalue weighted by Crippen LogP contribution is -2.25. The quantitative estimate of drug-likeness (QED) is 0.407. The standard InChI is InChI=1S/C27H27N3O3/c1-19-7-3-5-9-24(19)30-18-20(17-26(30)31)27-28-23-8-4-6-10-25(23)29(27)15-16-33-22-13-11-21(32-2)12-14-22/h3-14,20H,15-18H2,1-2H3. The minimum absolute atomic E-state index is 0.0329. The SMILES string of the molecule is COc1ccc(OCCn2c(C3CC(=O)N(c4ccccc4C)C3)nc3ccccc32)cc1. The molecule has 1 aliphatic heterocycles. The van der Waals surface area contributed by atoms with Crippen molar-refractivity contribution in [3.05, 3.63) is 84.2 Å². The van der Waals surface area contributed by atoms with Gasteiger partial charge in [0.15, 0.2) is 0 Å². The van der Waals surface area contributed by atoms with Crippen molar-refractivity contribution in [2.24, 2.45) is 0 Å². The van der Waals surface area contributed by atoms with Crippen molar-refractivity contribution >= 4 is 22.6 Å². The van der Waals surface area contributed by atoms with Gasteiger partial charge >= 0.3 is 0 Å². The van der Waals surface area contributed by atoms with Gasteiger partial charge in [0, 0.05) is 24.6 Å². The average molecular weight is 442 g/mol. The number of hydrogen-bond acceptors (Lipinski definition) is 4. The van der Waals surface area contributed by atoms with Gasteiger partial charge in [-0.25, -0.2) is 4.98 Å². The van der Waals surface area contributed by atoms with Crippen molar-refractivity contribution in [3.63, 3.8) is 0 Å². The number of aromatic nitrogens is 2. The number of benzene rings is 3. The van der Waals surface area contributed by atoms with Gasteiger partial charge in [-0.3, -0.25) is 4.79 Å². The van der Waals surface area contributed by atoms with Crippen LogP contribution >= 0.6 is 0 Å². The van der Waals surface area contributed by atoms with E-state index < -0.39 is 0 Å². The van der Waals surface area contributed by atoms with Crippen molar-refractivity contribution < 1.29 is 14.3 Å². The number of hydrogen-bond donors (Lipinski definition) is 0. The zero-order valence-corrected chi connectivity index (χ0v) is 18.9. The lowest BCUT2D eigenvalue weighted by molar-refractivity contribution is -0.117. The molecule has 0 bridgehead atoms. The Labute approximate surface area is 193 Å². The maximum atomic E-state index is 12.9. The van der Waals surface area contributed by atoms with Crippen molar-refractivity contribution in [1.29, 1.82) is 0 Å². The van der Waals surface area contributed by atoms with Crippen molar-refractivity contribution in [2.45, 2.75) is 25.8 Å². The first kappa shape index (κ1) is 21.1. The van der Waals surface area contributed by atoms with E-state index in [0.717, 1.165) is 39.6 Å². The van der Waals surface area contributed by atoms with Crippen LogP contribution in [0.2, 0.25) is 0 Å². The van der Waals surface area contributed by atoms with Crippen LogP contribution in [-0.2, 0) is 11.3 Å². The first-order valence-corrected chi connectivity index (χ1v) is 11.2. The monoisotopic (exact) mass is 441 g/mol. The summed E-state index contributed by atoms with van der Waals surface area (Å²) in [5, 5.41) is 0. The number of amides is 1. The molecule has 2 heterocycles. The third-order valence-corrected chi connectivity index (χ3v) is 6.22. The molecule has 4 aromatic rings. The minimum Gasteiger partial charge on any atom is -0.497 e. The molecule has 1 saturated heterocycles. The Bertz CT molecular complexity index is 1280. The highest BCUT2D eigenvalue weighted by Gasteiger charge is 2.35. The van der Waals surface area contributed by atoms with E-state index in [1.54, 1.807) is 7.11 Å². The summed E-state index contributed by atoms with van der Waals surface area (Å²) in [6.07, 6.45) is 0.455. The Morgan fingerprint density at radius 2 is 1.70 bits per heavy atom. The van der Waals surface area contributed by atoms with Crippen LogP contribution < -0.4 is 14.4 Å². The highest BCUT2D eigenvalue weighted by atomic mass is 16.5. The van der Waals surface area contributed by atoms with Crippen molar-refractivity contribution in [1.82, 2.24) is 9.55 Å². The number of carbonyl (C=O) groups is 1. The average Bonchev–Trinajstić information content (AvgIpc) is 3.40. The molecule has 1 atom stereocenters. The van der Waals surface area contributed by atoms with Gasteiger partial charge in [0.25, 0.3) is 0 Å². The van der Waals surface area contributed by atoms with Crippen LogP contribution in [0.3, 0.4) is 0 Å². The zero-order chi connectivity index (χ0) is 22.8. The molecule has 1 aromatic heterocycles. The molecule has 1 amide bonds. The van der Waals surface area contributed by atoms with Gasteiger partial charge < -0.3 is 18.9 Å². The summed E-state index contributed by atoms with van der Waals surface area (Å²) in [6, 6.07) is 23.7. The van der Waals surface area contributed by atoms with E-state index in [9.17, 15) is 4.79 Å². The molecule has 1 aliphatic rings. The van der Waals surface area contributed by atoms with Crippen LogP contribution in [0.5, 0.6) is 11.5 Å². The maximum Gasteiger partial charge on any atom is 0.227 e. The number of fused-ring (bicyclic) bond motifs is 1. The number of anilines is 1. The molecule has 168 valence electrons. The molecule has 0 N–H and O–H groups in total. The molecule has 1 fully saturated rings. The number of imidazole rings is 1. The van der Waals surface area contributed by atoms with Gasteiger partial charge in [-0.05, 0) is 55.0 Å². The normalized spacial score (nSPS) is 15.9. The van der Waals surface area contributed by atoms with Gasteiger partial charge in [0.05, 0.1) is 24.7 Å². The van der Waals surface area contributed by atoms with E-state index in [1.807, 2.05) is 78.6 Å². The summed E-state index contributed by atoms with van der Waals surface area (Å²) < 4.78 is 13.4. The molecular formula is C27H27N3O3. The van der Waals surface area contributed by atoms with Crippen LogP contribution in [0.15, 0.2) is 72.8 Å². The molecule has 1 unspecified atom stereocenters. The third-order valence-electron chi connectivity index (χ3n) is 6.22. The van der Waals surface area contributed by atoms with Crippen molar-refractivity contribution in [2.75, 3.05) is 25.2 Å². The van der Waals surface area contributed by atoms with Gasteiger partial charge in [0.1, 0.15) is 23.9 Å². The predicted molar refractivity (Wildman–Crippen MR) is 129 cm³/mol. The number of carbonyl (C=O) groups excluding carboxylic acids is 1. The van der Waals surface area contributed by atoms with Crippen LogP contribution in [0, 0.1) is 6.92 Å². The molecular weight excluding hydrogens is 414 g/mol. The smallest absolute Gasteiger partial charge is 0.227 e. The van der Waals surface area contributed by atoms with E-state index in [2.05, 4.69) is 10.6 Å². The Kier molecular flexibility index (Phi) is 5.73. The number of rotatable bonds is 7. The van der Waals surface area contributed by atoms with E-state index in [-0.39, 0.29) is 11.8 Å². The highest BCUT2D eigenvalue weighted by molar-refractivity contribution is 5.97. The summed E-state index contributed by atoms with van der Waals surface area (Å²) in [7, 11) is 1.65. The largest absolute Gasteiger partial charge is 0.497 e. The van der Waals surface area contributed by atoms with E-state index >= 15 is 0 Å². The molecule has 6 nitrogen and oxygen atoms in total. The Morgan fingerprint density at radius 3 is 2.48 bits per heavy atom. The van der Waals surface area contributed by atoms with Crippen LogP contribution in [0.1, 0.15) is 23.7 Å². The second-order valence-corrected chi connectivity index (χ2v) is 8.33. The summed E-state index contributed by atoms with van der Waals surface area (Å²) in [6.45, 7) is 3.83. The lowest BCUT2D eigenvalue weighted by Gasteiger charge is -2.19. The first-order valence-electron chi connectivity index (χ1n) is 11.2. The number of nitrogens with zero attached hydrogens (tertiary/aromatic N) is 3. The molecule has 5 rings (SSSR count). The van der Waals surface area contributed by atoms with Crippen molar-refractivity contribution in [3.8, 4) is 11.5 Å². The fourth-order valence-corrected chi connectivity index (χ4v) is 4.55. The first-order chi connectivity index (χ1) is 16.1. The van der Waals surface area contributed by atoms with E-state index in [0.29, 0.717) is 26.1 Å². The van der Waals surface area contributed by atoms with Crippen LogP contribution in [0.4, 0.5) is 5.69 Å². The Hall–Kier alpha value is -3.80. The van der Waals surface area contributed by atoms with Crippen LogP contribution in [0.25, 0.3) is 11.0 Å². The minimum atomic E-state index is 0.0329. The lowest BCUT2D eigenvalue weighted by atomic mass is 10.1. The van der Waals surface area contributed by atoms with Gasteiger partial charge in [-0.2, -0.15) is 0 Å². The number of para-hydroxylation sites is 3. The highest BCUT2D eigenvalue weighted by Crippen LogP contribution is 2.34. The van der Waals surface area contributed by atoms with Gasteiger partial charge in [-0.15, -0.1) is 0 Å². The molecule has 3 aromatic carbocycles. The van der Waals surface area contributed by atoms with Gasteiger partial charge in [-0.1, -0.05) is 30.3 Å². The molecule has 0 aliphatic carbocycles. The fraction of sp³-hybridized carbons (Fsp3) is 0.259. The molecule has 6 heteroatoms. The third kappa shape index (κ3) is 4.16. The molecule has 0 radical (unpaired) electrons. The van der Waals surface area contributed by atoms with Gasteiger partial charge in [0.2, 0.25) is 5.91 Å². The Balaban J connectivity index is 1.38. The fourth-order valence-electron chi connectivity index (χ4n) is 4.55. The molecule has 0 saturated carbocycles. The number of aryl methyl sites for hydroxylation is 1. The summed E-state index contributed by atoms with van der Waals surface area (Å²) in [5.74, 6) is 2.71. The second kappa shape index (κ2) is 8.98. The zero-order valence-electron chi connectivity index (χ0n) is 18.9. The van der Waals surface area contributed by atoms with Crippen LogP contribution in [-0.4, -0.2) is 35.7 Å². The topological polar surface area (TPSA) is 56.6 Å². The Morgan fingerprint density at radius 1 is 0.970 bits per heavy atom. The molecule has 0 spiro atoms. The molecule has 33 heavy (non-hydrogen) atoms. The number of methoxy groups -OCH3 is 1. The number of ether oxygens (including phenoxy) is 2. The second-order valence-electron chi connectivity index (χ2n) is 8.33. The van der Waals surface area contributed by atoms with E-state index in [4.69, 9.17) is 14.5 Å². The summed E-state index contributed by atoms with van der Waals surface area (Å²) >= 11 is 0. The summed E-state index contributed by atoms with van der Waals surface area (Å²) in [4.78, 5) is 19.8. The van der Waals surface area contributed by atoms with E-state index in [1.165, 1.54) is 0 Å². The predicted octanol–water partition coefficient (Wildman–Crippen LogP) is 4.95. The maximum absolute atomic E-state index is 12.9. The summed E-state index contributed by atoms with van der Waals surface area (Å²) in [5.41, 5.74) is 4.09.